The minimum absolute atomic E-state index is 0.249. The van der Waals surface area contributed by atoms with Crippen LogP contribution in [0.25, 0.3) is 10.4 Å². The van der Waals surface area contributed by atoms with Crippen molar-refractivity contribution in [3.63, 3.8) is 0 Å². The summed E-state index contributed by atoms with van der Waals surface area (Å²) in [7, 11) is 0. The lowest BCUT2D eigenvalue weighted by Gasteiger charge is -2.37. The molecule has 0 unspecified atom stereocenters. The number of carbonyl (C=O) groups excluding carboxylic acids is 3. The van der Waals surface area contributed by atoms with Gasteiger partial charge >= 0.3 is 0 Å². The number of aliphatic hydroxyl groups excluding tert-OH is 1. The topological polar surface area (TPSA) is 103 Å². The van der Waals surface area contributed by atoms with Crippen LogP contribution in [0, 0.1) is 18.3 Å². The van der Waals surface area contributed by atoms with Crippen LogP contribution in [0.2, 0.25) is 0 Å². The Bertz CT molecular complexity index is 1520. The third-order valence-electron chi connectivity index (χ3n) is 8.41. The summed E-state index contributed by atoms with van der Waals surface area (Å²) in [6, 6.07) is 12.1. The van der Waals surface area contributed by atoms with Crippen LogP contribution < -0.4 is 5.32 Å². The van der Waals surface area contributed by atoms with Gasteiger partial charge in [-0.25, -0.2) is 9.37 Å². The SMILES string of the molecule is Cc1ncsc1-c1ccc([C@@H](NC(=O)[C@@H]2[C@@H](F)[C@@H](O)CN2C(=O)[C@H](C(C)C)N2Cc3ccccc3C2=O)C(C)(C)C)cc1. The van der Waals surface area contributed by atoms with Crippen molar-refractivity contribution in [2.45, 2.75) is 78.5 Å². The summed E-state index contributed by atoms with van der Waals surface area (Å²) in [4.78, 5) is 49.2. The number of nitrogens with one attached hydrogen (secondary N) is 1. The highest BCUT2D eigenvalue weighted by atomic mass is 32.1. The van der Waals surface area contributed by atoms with E-state index < -0.39 is 47.6 Å². The lowest BCUT2D eigenvalue weighted by atomic mass is 9.82. The maximum absolute atomic E-state index is 15.6. The lowest BCUT2D eigenvalue weighted by molar-refractivity contribution is -0.144. The van der Waals surface area contributed by atoms with E-state index >= 15 is 4.39 Å². The van der Waals surface area contributed by atoms with E-state index in [9.17, 15) is 19.5 Å². The molecule has 0 bridgehead atoms. The molecule has 2 aromatic carbocycles. The number of aliphatic hydroxyl groups is 1. The number of β-amino-alcohol motifs (C(OH)–C–C–N with tert-alkyl or cyclic N) is 1. The molecular weight excluding hydrogens is 567 g/mol. The first kappa shape index (κ1) is 30.8. The zero-order valence-electron chi connectivity index (χ0n) is 25.4. The van der Waals surface area contributed by atoms with Gasteiger partial charge in [0.15, 0.2) is 6.17 Å². The summed E-state index contributed by atoms with van der Waals surface area (Å²) < 4.78 is 15.6. The standard InChI is InChI=1S/C33H39FN4O4S/c1-18(2)26(37-15-22-9-7-8-10-23(22)31(37)41)32(42)38-16-24(39)25(34)27(38)30(40)36-29(33(4,5)6)21-13-11-20(12-14-21)28-19(3)35-17-43-28/h7-14,17-18,24-27,29,39H,15-16H2,1-6H3,(H,36,40)/t24-,25-,26-,27-,29+/m0/s1. The van der Waals surface area contributed by atoms with Gasteiger partial charge in [-0.1, -0.05) is 77.1 Å². The number of hydrogen-bond donors (Lipinski definition) is 2. The number of nitrogens with zero attached hydrogens (tertiary/aromatic N) is 3. The summed E-state index contributed by atoms with van der Waals surface area (Å²) >= 11 is 1.55. The molecule has 0 radical (unpaired) electrons. The van der Waals surface area contributed by atoms with E-state index in [1.165, 1.54) is 4.90 Å². The third-order valence-corrected chi connectivity index (χ3v) is 9.39. The molecular formula is C33H39FN4O4S. The summed E-state index contributed by atoms with van der Waals surface area (Å²) in [6.45, 7) is 11.4. The van der Waals surface area contributed by atoms with Crippen molar-refractivity contribution in [2.75, 3.05) is 6.54 Å². The van der Waals surface area contributed by atoms with Crippen LogP contribution >= 0.6 is 11.3 Å². The maximum Gasteiger partial charge on any atom is 0.255 e. The molecule has 0 saturated carbocycles. The quantitative estimate of drug-likeness (QED) is 0.398. The summed E-state index contributed by atoms with van der Waals surface area (Å²) in [5.74, 6) is -1.82. The van der Waals surface area contributed by atoms with Gasteiger partial charge in [-0.3, -0.25) is 14.4 Å². The van der Waals surface area contributed by atoms with Crippen LogP contribution in [-0.2, 0) is 16.1 Å². The predicted octanol–water partition coefficient (Wildman–Crippen LogP) is 4.91. The molecule has 1 saturated heterocycles. The Kier molecular flexibility index (Phi) is 8.46. The van der Waals surface area contributed by atoms with Crippen LogP contribution in [0.4, 0.5) is 4.39 Å². The van der Waals surface area contributed by atoms with Crippen LogP contribution in [0.15, 0.2) is 54.0 Å². The molecule has 0 aliphatic carbocycles. The molecule has 228 valence electrons. The molecule has 2 aliphatic rings. The fourth-order valence-corrected chi connectivity index (χ4v) is 7.01. The van der Waals surface area contributed by atoms with Crippen molar-refractivity contribution in [3.05, 3.63) is 76.4 Å². The number of aryl methyl sites for hydroxylation is 1. The van der Waals surface area contributed by atoms with Crippen molar-refractivity contribution in [2.24, 2.45) is 11.3 Å². The highest BCUT2D eigenvalue weighted by Crippen LogP contribution is 2.36. The van der Waals surface area contributed by atoms with Crippen LogP contribution in [0.5, 0.6) is 0 Å². The monoisotopic (exact) mass is 606 g/mol. The average molecular weight is 607 g/mol. The molecule has 2 N–H and O–H groups in total. The highest BCUT2D eigenvalue weighted by molar-refractivity contribution is 7.13. The molecule has 3 aromatic rings. The van der Waals surface area contributed by atoms with Crippen molar-refractivity contribution < 1.29 is 23.9 Å². The molecule has 8 nitrogen and oxygen atoms in total. The molecule has 1 fully saturated rings. The van der Waals surface area contributed by atoms with Crippen LogP contribution in [0.3, 0.4) is 0 Å². The molecule has 5 atom stereocenters. The van der Waals surface area contributed by atoms with Gasteiger partial charge in [-0.2, -0.15) is 0 Å². The second kappa shape index (κ2) is 11.8. The van der Waals surface area contributed by atoms with E-state index in [1.807, 2.05) is 77.9 Å². The van der Waals surface area contributed by atoms with Gasteiger partial charge in [0.25, 0.3) is 5.91 Å². The molecule has 1 aromatic heterocycles. The minimum atomic E-state index is -1.97. The van der Waals surface area contributed by atoms with E-state index in [2.05, 4.69) is 10.3 Å². The predicted molar refractivity (Wildman–Crippen MR) is 164 cm³/mol. The Labute approximate surface area is 255 Å². The molecule has 0 spiro atoms. The number of thiazole rings is 1. The molecule has 3 heterocycles. The van der Waals surface area contributed by atoms with E-state index in [4.69, 9.17) is 0 Å². The summed E-state index contributed by atoms with van der Waals surface area (Å²) in [6.07, 6.45) is -3.49. The summed E-state index contributed by atoms with van der Waals surface area (Å²) in [5, 5.41) is 13.5. The Morgan fingerprint density at radius 1 is 1.12 bits per heavy atom. The van der Waals surface area contributed by atoms with Gasteiger partial charge in [-0.15, -0.1) is 11.3 Å². The van der Waals surface area contributed by atoms with E-state index in [0.29, 0.717) is 5.56 Å². The molecule has 2 aliphatic heterocycles. The first-order chi connectivity index (χ1) is 20.3. The van der Waals surface area contributed by atoms with E-state index in [1.54, 1.807) is 29.0 Å². The number of aromatic nitrogens is 1. The number of alkyl halides is 1. The van der Waals surface area contributed by atoms with Crippen LogP contribution in [0.1, 0.15) is 67.8 Å². The lowest BCUT2D eigenvalue weighted by Crippen LogP contribution is -2.57. The number of amides is 3. The highest BCUT2D eigenvalue weighted by Gasteiger charge is 2.51. The van der Waals surface area contributed by atoms with Crippen molar-refractivity contribution in [3.8, 4) is 10.4 Å². The first-order valence-electron chi connectivity index (χ1n) is 14.6. The van der Waals surface area contributed by atoms with Crippen molar-refractivity contribution in [1.29, 1.82) is 0 Å². The van der Waals surface area contributed by atoms with Gasteiger partial charge in [-0.05, 0) is 41.0 Å². The average Bonchev–Trinajstić information content (AvgIpc) is 3.62. The zero-order valence-corrected chi connectivity index (χ0v) is 26.2. The smallest absolute Gasteiger partial charge is 0.255 e. The zero-order chi connectivity index (χ0) is 31.2. The third kappa shape index (κ3) is 5.82. The minimum Gasteiger partial charge on any atom is -0.388 e. The number of hydrogen-bond acceptors (Lipinski definition) is 6. The molecule has 3 amide bonds. The number of benzene rings is 2. The number of fused-ring (bicyclic) bond motifs is 1. The Hall–Kier alpha value is -3.63. The Morgan fingerprint density at radius 3 is 2.37 bits per heavy atom. The van der Waals surface area contributed by atoms with Gasteiger partial charge in [0, 0.05) is 12.1 Å². The van der Waals surface area contributed by atoms with Crippen molar-refractivity contribution in [1.82, 2.24) is 20.1 Å². The fraction of sp³-hybridized carbons (Fsp3) is 0.455. The molecule has 10 heteroatoms. The molecule has 43 heavy (non-hydrogen) atoms. The second-order valence-electron chi connectivity index (χ2n) is 12.9. The van der Waals surface area contributed by atoms with Crippen molar-refractivity contribution >= 4 is 29.1 Å². The van der Waals surface area contributed by atoms with Gasteiger partial charge < -0.3 is 20.2 Å². The van der Waals surface area contributed by atoms with Gasteiger partial charge in [0.05, 0.1) is 28.7 Å². The fourth-order valence-electron chi connectivity index (χ4n) is 6.19. The Morgan fingerprint density at radius 2 is 1.79 bits per heavy atom. The van der Waals surface area contributed by atoms with Gasteiger partial charge in [0.1, 0.15) is 18.2 Å². The van der Waals surface area contributed by atoms with E-state index in [0.717, 1.165) is 32.2 Å². The van der Waals surface area contributed by atoms with E-state index in [-0.39, 0.29) is 24.9 Å². The summed E-state index contributed by atoms with van der Waals surface area (Å²) in [5.41, 5.74) is 5.48. The Balaban J connectivity index is 1.40. The van der Waals surface area contributed by atoms with Crippen LogP contribution in [-0.4, -0.2) is 68.5 Å². The first-order valence-corrected chi connectivity index (χ1v) is 15.5. The number of halogens is 1. The number of likely N-dealkylation sites (tertiary alicyclic amines) is 1. The number of carbonyl (C=O) groups is 3. The van der Waals surface area contributed by atoms with Gasteiger partial charge in [0.2, 0.25) is 11.8 Å². The maximum atomic E-state index is 15.6. The normalized spacial score (nSPS) is 21.7. The largest absolute Gasteiger partial charge is 0.388 e. The molecule has 5 rings (SSSR count). The number of rotatable bonds is 7. The second-order valence-corrected chi connectivity index (χ2v) is 13.8.